The van der Waals surface area contributed by atoms with E-state index in [0.717, 1.165) is 6.07 Å². The number of carbonyl (C=O) groups is 2. The summed E-state index contributed by atoms with van der Waals surface area (Å²) in [5.41, 5.74) is 2.13. The van der Waals surface area contributed by atoms with Gasteiger partial charge in [-0.1, -0.05) is 11.6 Å². The van der Waals surface area contributed by atoms with Crippen molar-refractivity contribution in [3.05, 3.63) is 81.6 Å². The first kappa shape index (κ1) is 21.8. The molecule has 3 amide bonds. The normalized spacial score (nSPS) is 14.7. The van der Waals surface area contributed by atoms with E-state index in [9.17, 15) is 18.4 Å². The van der Waals surface area contributed by atoms with E-state index in [2.05, 4.69) is 21.0 Å². The lowest BCUT2D eigenvalue weighted by molar-refractivity contribution is 0.102. The van der Waals surface area contributed by atoms with Crippen LogP contribution in [-0.4, -0.2) is 21.7 Å². The number of hydrogen-bond donors (Lipinski definition) is 3. The second-order valence-corrected chi connectivity index (χ2v) is 7.88. The van der Waals surface area contributed by atoms with Crippen LogP contribution < -0.4 is 16.0 Å². The summed E-state index contributed by atoms with van der Waals surface area (Å²) in [6, 6.07) is 7.20. The molecule has 1 aliphatic carbocycles. The topological polar surface area (TPSA) is 88.0 Å². The Labute approximate surface area is 187 Å². The fraction of sp³-hybridized carbons (Fsp3) is 0.227. The van der Waals surface area contributed by atoms with E-state index in [1.54, 1.807) is 24.0 Å². The molecule has 2 aromatic carbocycles. The summed E-state index contributed by atoms with van der Waals surface area (Å²) in [5, 5.41) is 12.2. The first-order chi connectivity index (χ1) is 15.3. The van der Waals surface area contributed by atoms with E-state index in [4.69, 9.17) is 11.6 Å². The van der Waals surface area contributed by atoms with E-state index >= 15 is 0 Å². The monoisotopic (exact) mass is 459 g/mol. The number of nitrogens with one attached hydrogen (secondary N) is 3. The van der Waals surface area contributed by atoms with Crippen molar-refractivity contribution in [2.75, 3.05) is 5.32 Å². The third kappa shape index (κ3) is 4.57. The van der Waals surface area contributed by atoms with Crippen LogP contribution in [0.15, 0.2) is 42.6 Å². The highest BCUT2D eigenvalue weighted by atomic mass is 35.5. The SMILES string of the molecule is Cn1ccc(CNC(=O)N[C@H]2CCc3c(C(=O)Nc4ccc(F)c(Cl)c4)ccc(F)c32)n1. The van der Waals surface area contributed by atoms with E-state index in [-0.39, 0.29) is 11.6 Å². The number of carbonyl (C=O) groups excluding carboxylic acids is 2. The van der Waals surface area contributed by atoms with Crippen LogP contribution in [0.1, 0.15) is 39.6 Å². The van der Waals surface area contributed by atoms with E-state index in [0.29, 0.717) is 40.9 Å². The van der Waals surface area contributed by atoms with Crippen molar-refractivity contribution >= 4 is 29.2 Å². The van der Waals surface area contributed by atoms with Gasteiger partial charge in [-0.2, -0.15) is 5.10 Å². The smallest absolute Gasteiger partial charge is 0.315 e. The number of benzene rings is 2. The molecule has 3 N–H and O–H groups in total. The van der Waals surface area contributed by atoms with Crippen LogP contribution in [0.4, 0.5) is 19.3 Å². The molecule has 4 rings (SSSR count). The van der Waals surface area contributed by atoms with Gasteiger partial charge in [0.15, 0.2) is 0 Å². The Hall–Kier alpha value is -3.46. The number of fused-ring (bicyclic) bond motifs is 1. The van der Waals surface area contributed by atoms with Crippen molar-refractivity contribution in [3.8, 4) is 0 Å². The second-order valence-electron chi connectivity index (χ2n) is 7.47. The lowest BCUT2D eigenvalue weighted by Crippen LogP contribution is -2.37. The van der Waals surface area contributed by atoms with Crippen molar-refractivity contribution in [3.63, 3.8) is 0 Å². The van der Waals surface area contributed by atoms with Gasteiger partial charge in [-0.15, -0.1) is 0 Å². The molecule has 1 heterocycles. The van der Waals surface area contributed by atoms with Gasteiger partial charge in [0, 0.05) is 30.1 Å². The Morgan fingerprint density at radius 1 is 1.19 bits per heavy atom. The van der Waals surface area contributed by atoms with Crippen molar-refractivity contribution in [1.29, 1.82) is 0 Å². The number of halogens is 3. The van der Waals surface area contributed by atoms with Gasteiger partial charge in [-0.3, -0.25) is 9.48 Å². The van der Waals surface area contributed by atoms with Gasteiger partial charge in [-0.05, 0) is 54.8 Å². The molecule has 0 saturated carbocycles. The molecule has 1 aliphatic rings. The zero-order valence-corrected chi connectivity index (χ0v) is 17.8. The van der Waals surface area contributed by atoms with Gasteiger partial charge in [-0.25, -0.2) is 13.6 Å². The largest absolute Gasteiger partial charge is 0.332 e. The Bertz CT molecular complexity index is 1200. The molecular weight excluding hydrogens is 440 g/mol. The highest BCUT2D eigenvalue weighted by Crippen LogP contribution is 2.36. The average Bonchev–Trinajstić information content (AvgIpc) is 3.36. The molecule has 0 aliphatic heterocycles. The summed E-state index contributed by atoms with van der Waals surface area (Å²) in [7, 11) is 1.78. The first-order valence-corrected chi connectivity index (χ1v) is 10.3. The van der Waals surface area contributed by atoms with E-state index in [1.165, 1.54) is 24.3 Å². The van der Waals surface area contributed by atoms with Crippen molar-refractivity contribution in [2.45, 2.75) is 25.4 Å². The van der Waals surface area contributed by atoms with Crippen LogP contribution in [-0.2, 0) is 20.0 Å². The molecule has 3 aromatic rings. The van der Waals surface area contributed by atoms with Crippen LogP contribution in [0.25, 0.3) is 0 Å². The maximum absolute atomic E-state index is 14.6. The molecule has 0 fully saturated rings. The van der Waals surface area contributed by atoms with Crippen LogP contribution in [0.3, 0.4) is 0 Å². The van der Waals surface area contributed by atoms with Crippen LogP contribution in [0.5, 0.6) is 0 Å². The van der Waals surface area contributed by atoms with Gasteiger partial charge in [0.2, 0.25) is 0 Å². The minimum Gasteiger partial charge on any atom is -0.332 e. The van der Waals surface area contributed by atoms with E-state index < -0.39 is 29.6 Å². The zero-order chi connectivity index (χ0) is 22.8. The number of aromatic nitrogens is 2. The molecule has 0 bridgehead atoms. The molecule has 0 spiro atoms. The second kappa shape index (κ2) is 8.96. The maximum atomic E-state index is 14.6. The third-order valence-corrected chi connectivity index (χ3v) is 5.55. The number of hydrogen-bond acceptors (Lipinski definition) is 3. The van der Waals surface area contributed by atoms with E-state index in [1.807, 2.05) is 0 Å². The lowest BCUT2D eigenvalue weighted by Gasteiger charge is -2.16. The predicted octanol–water partition coefficient (Wildman–Crippen LogP) is 4.09. The molecule has 1 aromatic heterocycles. The Morgan fingerprint density at radius 2 is 1.97 bits per heavy atom. The molecule has 32 heavy (non-hydrogen) atoms. The molecular formula is C22H20ClF2N5O2. The minimum atomic E-state index is -0.595. The molecule has 0 saturated heterocycles. The number of nitrogens with zero attached hydrogens (tertiary/aromatic N) is 2. The standard InChI is InChI=1S/C22H20ClF2N5O2/c1-30-9-8-13(29-30)11-26-22(32)28-19-7-4-14-15(3-6-18(25)20(14)19)21(31)27-12-2-5-17(24)16(23)10-12/h2-3,5-6,8-10,19H,4,7,11H2,1H3,(H,27,31)(H2,26,28,32)/t19-/m0/s1. The molecule has 1 atom stereocenters. The van der Waals surface area contributed by atoms with Crippen LogP contribution >= 0.6 is 11.6 Å². The number of urea groups is 1. The van der Waals surface area contributed by atoms with Crippen molar-refractivity contribution in [2.24, 2.45) is 7.05 Å². The summed E-state index contributed by atoms with van der Waals surface area (Å²) in [6.45, 7) is 0.234. The molecule has 10 heteroatoms. The van der Waals surface area contributed by atoms with Gasteiger partial charge in [0.25, 0.3) is 5.91 Å². The number of anilines is 1. The fourth-order valence-corrected chi connectivity index (χ4v) is 3.96. The highest BCUT2D eigenvalue weighted by Gasteiger charge is 2.31. The molecule has 0 unspecified atom stereocenters. The molecule has 166 valence electrons. The first-order valence-electron chi connectivity index (χ1n) is 9.92. The van der Waals surface area contributed by atoms with Gasteiger partial charge in [0.1, 0.15) is 11.6 Å². The fourth-order valence-electron chi connectivity index (χ4n) is 3.78. The summed E-state index contributed by atoms with van der Waals surface area (Å²) in [6.07, 6.45) is 2.64. The Morgan fingerprint density at radius 3 is 2.69 bits per heavy atom. The average molecular weight is 460 g/mol. The van der Waals surface area contributed by atoms with Crippen LogP contribution in [0.2, 0.25) is 5.02 Å². The summed E-state index contributed by atoms with van der Waals surface area (Å²) < 4.78 is 29.6. The Kier molecular flexibility index (Phi) is 6.09. The highest BCUT2D eigenvalue weighted by molar-refractivity contribution is 6.31. The van der Waals surface area contributed by atoms with Crippen molar-refractivity contribution < 1.29 is 18.4 Å². The van der Waals surface area contributed by atoms with Crippen molar-refractivity contribution in [1.82, 2.24) is 20.4 Å². The summed E-state index contributed by atoms with van der Waals surface area (Å²) in [4.78, 5) is 25.1. The summed E-state index contributed by atoms with van der Waals surface area (Å²) >= 11 is 5.76. The maximum Gasteiger partial charge on any atom is 0.315 e. The minimum absolute atomic E-state index is 0.117. The quantitative estimate of drug-likeness (QED) is 0.537. The number of rotatable bonds is 5. The van der Waals surface area contributed by atoms with Crippen LogP contribution in [0, 0.1) is 11.6 Å². The zero-order valence-electron chi connectivity index (χ0n) is 17.1. The van der Waals surface area contributed by atoms with Gasteiger partial charge in [0.05, 0.1) is 23.3 Å². The number of amides is 3. The summed E-state index contributed by atoms with van der Waals surface area (Å²) in [5.74, 6) is -1.55. The Balaban J connectivity index is 1.47. The van der Waals surface area contributed by atoms with Gasteiger partial charge >= 0.3 is 6.03 Å². The third-order valence-electron chi connectivity index (χ3n) is 5.26. The number of aryl methyl sites for hydroxylation is 1. The lowest BCUT2D eigenvalue weighted by atomic mass is 10.0. The van der Waals surface area contributed by atoms with Gasteiger partial charge < -0.3 is 16.0 Å². The molecule has 0 radical (unpaired) electrons. The molecule has 7 nitrogen and oxygen atoms in total. The predicted molar refractivity (Wildman–Crippen MR) is 115 cm³/mol.